The highest BCUT2D eigenvalue weighted by Crippen LogP contribution is 2.32. The Morgan fingerprint density at radius 2 is 2.07 bits per heavy atom. The van der Waals surface area contributed by atoms with Gasteiger partial charge in [0, 0.05) is 43.8 Å². The first kappa shape index (κ1) is 19.1. The molecule has 1 aromatic heterocycles. The zero-order valence-corrected chi connectivity index (χ0v) is 16.4. The predicted molar refractivity (Wildman–Crippen MR) is 105 cm³/mol. The van der Waals surface area contributed by atoms with Crippen molar-refractivity contribution in [2.75, 3.05) is 19.6 Å². The van der Waals surface area contributed by atoms with Crippen molar-refractivity contribution in [1.29, 1.82) is 0 Å². The molecule has 6 nitrogen and oxygen atoms in total. The fourth-order valence-electron chi connectivity index (χ4n) is 4.40. The lowest BCUT2D eigenvalue weighted by Gasteiger charge is -2.36. The van der Waals surface area contributed by atoms with Gasteiger partial charge in [0.05, 0.1) is 11.8 Å². The van der Waals surface area contributed by atoms with Gasteiger partial charge in [-0.15, -0.1) is 0 Å². The van der Waals surface area contributed by atoms with Crippen LogP contribution in [0, 0.1) is 11.7 Å². The summed E-state index contributed by atoms with van der Waals surface area (Å²) in [6.07, 6.45) is 5.38. The average Bonchev–Trinajstić information content (AvgIpc) is 3.37. The highest BCUT2D eigenvalue weighted by atomic mass is 19.1. The quantitative estimate of drug-likeness (QED) is 0.850. The van der Waals surface area contributed by atoms with Crippen LogP contribution in [-0.4, -0.2) is 46.3 Å². The third-order valence-electron chi connectivity index (χ3n) is 6.01. The molecule has 2 fully saturated rings. The maximum Gasteiger partial charge on any atom is 0.257 e. The molecule has 4 rings (SSSR count). The predicted octanol–water partition coefficient (Wildman–Crippen LogP) is 2.72. The summed E-state index contributed by atoms with van der Waals surface area (Å²) in [5, 5.41) is 4.28. The van der Waals surface area contributed by atoms with Gasteiger partial charge in [-0.2, -0.15) is 5.10 Å². The summed E-state index contributed by atoms with van der Waals surface area (Å²) in [6, 6.07) is 7.40. The number of hydrazine groups is 1. The van der Waals surface area contributed by atoms with E-state index in [-0.39, 0.29) is 29.7 Å². The molecule has 0 saturated carbocycles. The van der Waals surface area contributed by atoms with E-state index < -0.39 is 0 Å². The van der Waals surface area contributed by atoms with Crippen LogP contribution in [0.1, 0.15) is 54.6 Å². The second kappa shape index (κ2) is 8.01. The van der Waals surface area contributed by atoms with E-state index in [1.807, 2.05) is 35.7 Å². The molecule has 1 amide bonds. The molecule has 2 aliphatic rings. The Kier molecular flexibility index (Phi) is 5.46. The second-order valence-electron chi connectivity index (χ2n) is 8.14. The van der Waals surface area contributed by atoms with Crippen LogP contribution in [0.2, 0.25) is 0 Å². The molecule has 2 saturated heterocycles. The number of carbonyl (C=O) groups excluding carboxylic acids is 1. The Morgan fingerprint density at radius 3 is 2.75 bits per heavy atom. The molecule has 28 heavy (non-hydrogen) atoms. The largest absolute Gasteiger partial charge is 0.339 e. The van der Waals surface area contributed by atoms with Crippen LogP contribution in [0.4, 0.5) is 4.39 Å². The van der Waals surface area contributed by atoms with Crippen molar-refractivity contribution in [2.45, 2.75) is 44.7 Å². The van der Waals surface area contributed by atoms with Crippen molar-refractivity contribution < 1.29 is 9.18 Å². The third-order valence-corrected chi connectivity index (χ3v) is 6.01. The van der Waals surface area contributed by atoms with Crippen LogP contribution in [0.5, 0.6) is 0 Å². The minimum Gasteiger partial charge on any atom is -0.339 e. The number of rotatable bonds is 4. The number of nitrogens with zero attached hydrogens (tertiary/aromatic N) is 3. The molecular weight excluding hydrogens is 357 g/mol. The minimum absolute atomic E-state index is 0.0598. The number of piperidine rings is 1. The first-order chi connectivity index (χ1) is 13.5. The Morgan fingerprint density at radius 1 is 1.29 bits per heavy atom. The second-order valence-corrected chi connectivity index (χ2v) is 8.14. The summed E-state index contributed by atoms with van der Waals surface area (Å²) in [4.78, 5) is 14.7. The van der Waals surface area contributed by atoms with E-state index in [1.165, 1.54) is 6.07 Å². The van der Waals surface area contributed by atoms with Gasteiger partial charge in [-0.05, 0) is 50.3 Å². The molecule has 150 valence electrons. The summed E-state index contributed by atoms with van der Waals surface area (Å²) < 4.78 is 15.5. The van der Waals surface area contributed by atoms with E-state index in [4.69, 9.17) is 0 Å². The maximum absolute atomic E-state index is 13.7. The molecule has 2 atom stereocenters. The van der Waals surface area contributed by atoms with Crippen LogP contribution in [-0.2, 0) is 0 Å². The first-order valence-electron chi connectivity index (χ1n) is 10.1. The fourth-order valence-corrected chi connectivity index (χ4v) is 4.40. The summed E-state index contributed by atoms with van der Waals surface area (Å²) in [6.45, 7) is 6.37. The van der Waals surface area contributed by atoms with Gasteiger partial charge < -0.3 is 4.90 Å². The van der Waals surface area contributed by atoms with Crippen LogP contribution in [0.3, 0.4) is 0 Å². The molecule has 0 radical (unpaired) electrons. The zero-order valence-electron chi connectivity index (χ0n) is 16.4. The minimum atomic E-state index is -0.189. The topological polar surface area (TPSA) is 62.2 Å². The molecule has 2 N–H and O–H groups in total. The van der Waals surface area contributed by atoms with Gasteiger partial charge in [0.1, 0.15) is 5.82 Å². The number of halogens is 1. The van der Waals surface area contributed by atoms with Gasteiger partial charge in [-0.1, -0.05) is 12.1 Å². The highest BCUT2D eigenvalue weighted by molar-refractivity contribution is 5.93. The smallest absolute Gasteiger partial charge is 0.257 e. The Balaban J connectivity index is 1.38. The number of amides is 1. The zero-order chi connectivity index (χ0) is 19.7. The number of hydrogen-bond donors (Lipinski definition) is 2. The average molecular weight is 385 g/mol. The van der Waals surface area contributed by atoms with E-state index in [0.29, 0.717) is 11.5 Å². The lowest BCUT2D eigenvalue weighted by atomic mass is 9.80. The van der Waals surface area contributed by atoms with E-state index in [9.17, 15) is 9.18 Å². The lowest BCUT2D eigenvalue weighted by Crippen LogP contribution is -2.45. The normalized spacial score (nSPS) is 23.5. The molecular formula is C21H28FN5O. The number of hydrogen-bond acceptors (Lipinski definition) is 4. The molecule has 2 aromatic rings. The van der Waals surface area contributed by atoms with Crippen LogP contribution in [0.25, 0.3) is 0 Å². The molecule has 0 bridgehead atoms. The van der Waals surface area contributed by atoms with Gasteiger partial charge >= 0.3 is 0 Å². The molecule has 2 aliphatic heterocycles. The van der Waals surface area contributed by atoms with Crippen molar-refractivity contribution in [2.24, 2.45) is 5.92 Å². The number of aromatic nitrogens is 2. The van der Waals surface area contributed by atoms with E-state index >= 15 is 0 Å². The van der Waals surface area contributed by atoms with E-state index in [2.05, 4.69) is 16.0 Å². The Labute approximate surface area is 165 Å². The van der Waals surface area contributed by atoms with Gasteiger partial charge in [0.25, 0.3) is 5.91 Å². The fraction of sp³-hybridized carbons (Fsp3) is 0.524. The Bertz CT molecular complexity index is 828. The monoisotopic (exact) mass is 385 g/mol. The number of carbonyl (C=O) groups is 1. The number of nitrogens with one attached hydrogen (secondary N) is 2. The maximum atomic E-state index is 13.7. The third kappa shape index (κ3) is 3.82. The summed E-state index contributed by atoms with van der Waals surface area (Å²) in [5.74, 6) is 0.563. The van der Waals surface area contributed by atoms with Crippen molar-refractivity contribution in [3.8, 4) is 0 Å². The number of benzene rings is 1. The standard InChI is InChI=1S/C21H28FN5O/c1-14(2)27-13-17(11-24-27)21(28)26-8-6-15(7-9-26)20-19(12-23-25-20)16-4-3-5-18(22)10-16/h3-5,10-11,13-15,19-20,23,25H,6-9,12H2,1-2H3. The van der Waals surface area contributed by atoms with E-state index in [1.54, 1.807) is 18.3 Å². The first-order valence-corrected chi connectivity index (χ1v) is 10.1. The summed E-state index contributed by atoms with van der Waals surface area (Å²) in [5.41, 5.74) is 8.33. The van der Waals surface area contributed by atoms with Gasteiger partial charge in [-0.3, -0.25) is 20.3 Å². The van der Waals surface area contributed by atoms with Crippen LogP contribution >= 0.6 is 0 Å². The van der Waals surface area contributed by atoms with Crippen molar-refractivity contribution in [3.63, 3.8) is 0 Å². The summed E-state index contributed by atoms with van der Waals surface area (Å²) >= 11 is 0. The SMILES string of the molecule is CC(C)n1cc(C(=O)N2CCC(C3NNCC3c3cccc(F)c3)CC2)cn1. The van der Waals surface area contributed by atoms with Gasteiger partial charge in [0.2, 0.25) is 0 Å². The molecule has 0 aliphatic carbocycles. The molecule has 7 heteroatoms. The van der Waals surface area contributed by atoms with Crippen molar-refractivity contribution >= 4 is 5.91 Å². The van der Waals surface area contributed by atoms with Crippen LogP contribution < -0.4 is 10.9 Å². The van der Waals surface area contributed by atoms with Crippen molar-refractivity contribution in [1.82, 2.24) is 25.5 Å². The molecule has 1 aromatic carbocycles. The van der Waals surface area contributed by atoms with E-state index in [0.717, 1.165) is 38.0 Å². The van der Waals surface area contributed by atoms with Crippen LogP contribution in [0.15, 0.2) is 36.7 Å². The number of likely N-dealkylation sites (tertiary alicyclic amines) is 1. The highest BCUT2D eigenvalue weighted by Gasteiger charge is 2.37. The molecule has 2 unspecified atom stereocenters. The summed E-state index contributed by atoms with van der Waals surface area (Å²) in [7, 11) is 0. The molecule has 3 heterocycles. The molecule has 0 spiro atoms. The van der Waals surface area contributed by atoms with Gasteiger partial charge in [0.15, 0.2) is 0 Å². The van der Waals surface area contributed by atoms with Crippen molar-refractivity contribution in [3.05, 3.63) is 53.6 Å². The Hall–Kier alpha value is -2.25. The van der Waals surface area contributed by atoms with Gasteiger partial charge in [-0.25, -0.2) is 4.39 Å². The lowest BCUT2D eigenvalue weighted by molar-refractivity contribution is 0.0670.